The van der Waals surface area contributed by atoms with Crippen molar-refractivity contribution in [2.75, 3.05) is 23.3 Å². The summed E-state index contributed by atoms with van der Waals surface area (Å²) in [5, 5.41) is 11.7. The summed E-state index contributed by atoms with van der Waals surface area (Å²) in [7, 11) is 0. The number of aromatic nitrogens is 3. The number of benzene rings is 1. The maximum Gasteiger partial charge on any atom is 0.247 e. The van der Waals surface area contributed by atoms with E-state index in [0.717, 1.165) is 30.5 Å². The highest BCUT2D eigenvalue weighted by atomic mass is 15.3. The van der Waals surface area contributed by atoms with Gasteiger partial charge in [0.2, 0.25) is 5.95 Å². The minimum absolute atomic E-state index is 0.688. The number of anilines is 3. The normalized spacial score (nSPS) is 18.3. The zero-order valence-electron chi connectivity index (χ0n) is 13.5. The second kappa shape index (κ2) is 6.30. The molecule has 5 heteroatoms. The van der Waals surface area contributed by atoms with Crippen molar-refractivity contribution in [2.24, 2.45) is 5.92 Å². The van der Waals surface area contributed by atoms with Gasteiger partial charge in [-0.05, 0) is 49.8 Å². The molecule has 1 aliphatic rings. The topological polar surface area (TPSA) is 53.9 Å². The zero-order chi connectivity index (χ0) is 15.5. The van der Waals surface area contributed by atoms with Crippen molar-refractivity contribution >= 4 is 17.5 Å². The molecule has 0 radical (unpaired) electrons. The number of piperidine rings is 1. The predicted octanol–water partition coefficient (Wildman–Crippen LogP) is 3.47. The monoisotopic (exact) mass is 297 g/mol. The summed E-state index contributed by atoms with van der Waals surface area (Å²) in [5.74, 6) is 2.16. The summed E-state index contributed by atoms with van der Waals surface area (Å²) >= 11 is 0. The SMILES string of the molecule is Cc1ccc(C)c(Nc2cnnc(N3CCCC(C)C3)n2)c1. The summed E-state index contributed by atoms with van der Waals surface area (Å²) in [6, 6.07) is 6.35. The smallest absolute Gasteiger partial charge is 0.247 e. The van der Waals surface area contributed by atoms with Crippen LogP contribution in [0.3, 0.4) is 0 Å². The molecule has 1 aromatic carbocycles. The quantitative estimate of drug-likeness (QED) is 0.940. The maximum absolute atomic E-state index is 4.64. The molecule has 1 N–H and O–H groups in total. The van der Waals surface area contributed by atoms with E-state index in [1.165, 1.54) is 24.0 Å². The Balaban J connectivity index is 1.80. The van der Waals surface area contributed by atoms with E-state index in [9.17, 15) is 0 Å². The Labute approximate surface area is 131 Å². The predicted molar refractivity (Wildman–Crippen MR) is 89.6 cm³/mol. The fourth-order valence-corrected chi connectivity index (χ4v) is 2.87. The van der Waals surface area contributed by atoms with Crippen molar-refractivity contribution in [3.05, 3.63) is 35.5 Å². The zero-order valence-corrected chi connectivity index (χ0v) is 13.5. The Morgan fingerprint density at radius 3 is 2.95 bits per heavy atom. The first-order valence-electron chi connectivity index (χ1n) is 7.91. The van der Waals surface area contributed by atoms with E-state index in [0.29, 0.717) is 5.92 Å². The van der Waals surface area contributed by atoms with Gasteiger partial charge in [-0.3, -0.25) is 0 Å². The molecule has 2 heterocycles. The van der Waals surface area contributed by atoms with Crippen LogP contribution >= 0.6 is 0 Å². The van der Waals surface area contributed by atoms with Crippen LogP contribution in [-0.2, 0) is 0 Å². The summed E-state index contributed by atoms with van der Waals surface area (Å²) in [6.45, 7) is 8.47. The van der Waals surface area contributed by atoms with Crippen molar-refractivity contribution in [3.8, 4) is 0 Å². The highest BCUT2D eigenvalue weighted by Gasteiger charge is 2.19. The van der Waals surface area contributed by atoms with E-state index >= 15 is 0 Å². The van der Waals surface area contributed by atoms with Crippen molar-refractivity contribution in [2.45, 2.75) is 33.6 Å². The minimum Gasteiger partial charge on any atom is -0.339 e. The Morgan fingerprint density at radius 1 is 1.27 bits per heavy atom. The van der Waals surface area contributed by atoms with E-state index in [-0.39, 0.29) is 0 Å². The first-order chi connectivity index (χ1) is 10.6. The van der Waals surface area contributed by atoms with Crippen molar-refractivity contribution in [1.82, 2.24) is 15.2 Å². The number of hydrogen-bond donors (Lipinski definition) is 1. The van der Waals surface area contributed by atoms with Crippen LogP contribution in [0.2, 0.25) is 0 Å². The van der Waals surface area contributed by atoms with Gasteiger partial charge in [0.05, 0.1) is 6.20 Å². The van der Waals surface area contributed by atoms with Crippen LogP contribution in [0.25, 0.3) is 0 Å². The lowest BCUT2D eigenvalue weighted by molar-refractivity contribution is 0.441. The first kappa shape index (κ1) is 14.8. The van der Waals surface area contributed by atoms with Gasteiger partial charge in [0.25, 0.3) is 0 Å². The molecule has 22 heavy (non-hydrogen) atoms. The van der Waals surface area contributed by atoms with Crippen LogP contribution in [0, 0.1) is 19.8 Å². The summed E-state index contributed by atoms with van der Waals surface area (Å²) < 4.78 is 0. The summed E-state index contributed by atoms with van der Waals surface area (Å²) in [5.41, 5.74) is 3.48. The molecule has 1 aromatic heterocycles. The number of nitrogens with one attached hydrogen (secondary N) is 1. The molecular weight excluding hydrogens is 274 g/mol. The number of nitrogens with zero attached hydrogens (tertiary/aromatic N) is 4. The number of aryl methyl sites for hydroxylation is 2. The van der Waals surface area contributed by atoms with Gasteiger partial charge in [-0.1, -0.05) is 19.1 Å². The molecule has 0 aliphatic carbocycles. The van der Waals surface area contributed by atoms with E-state index in [4.69, 9.17) is 0 Å². The van der Waals surface area contributed by atoms with E-state index < -0.39 is 0 Å². The summed E-state index contributed by atoms with van der Waals surface area (Å²) in [4.78, 5) is 6.87. The van der Waals surface area contributed by atoms with Gasteiger partial charge in [0.15, 0.2) is 5.82 Å². The average Bonchev–Trinajstić information content (AvgIpc) is 2.51. The van der Waals surface area contributed by atoms with Crippen LogP contribution in [0.5, 0.6) is 0 Å². The molecule has 0 bridgehead atoms. The van der Waals surface area contributed by atoms with E-state index in [1.54, 1.807) is 6.20 Å². The van der Waals surface area contributed by atoms with Gasteiger partial charge in [0.1, 0.15) is 0 Å². The van der Waals surface area contributed by atoms with E-state index in [2.05, 4.69) is 64.4 Å². The third kappa shape index (κ3) is 3.35. The van der Waals surface area contributed by atoms with Gasteiger partial charge >= 0.3 is 0 Å². The molecule has 2 aromatic rings. The van der Waals surface area contributed by atoms with Crippen LogP contribution in [0.4, 0.5) is 17.5 Å². The molecule has 116 valence electrons. The lowest BCUT2D eigenvalue weighted by Crippen LogP contribution is -2.35. The van der Waals surface area contributed by atoms with Crippen molar-refractivity contribution < 1.29 is 0 Å². The van der Waals surface area contributed by atoms with E-state index in [1.807, 2.05) is 0 Å². The van der Waals surface area contributed by atoms with Crippen LogP contribution in [0.1, 0.15) is 30.9 Å². The Hall–Kier alpha value is -2.17. The Kier molecular flexibility index (Phi) is 4.22. The Morgan fingerprint density at radius 2 is 2.14 bits per heavy atom. The molecule has 5 nitrogen and oxygen atoms in total. The number of rotatable bonds is 3. The molecule has 1 unspecified atom stereocenters. The fraction of sp³-hybridized carbons (Fsp3) is 0.471. The Bertz CT molecular complexity index is 655. The van der Waals surface area contributed by atoms with Gasteiger partial charge < -0.3 is 10.2 Å². The molecule has 0 amide bonds. The number of hydrogen-bond acceptors (Lipinski definition) is 5. The maximum atomic E-state index is 4.64. The van der Waals surface area contributed by atoms with Crippen LogP contribution in [-0.4, -0.2) is 28.3 Å². The molecule has 1 aliphatic heterocycles. The van der Waals surface area contributed by atoms with Crippen molar-refractivity contribution in [1.29, 1.82) is 0 Å². The molecule has 3 rings (SSSR count). The largest absolute Gasteiger partial charge is 0.339 e. The molecule has 0 spiro atoms. The van der Waals surface area contributed by atoms with Gasteiger partial charge in [-0.25, -0.2) is 0 Å². The minimum atomic E-state index is 0.688. The summed E-state index contributed by atoms with van der Waals surface area (Å²) in [6.07, 6.45) is 4.15. The van der Waals surface area contributed by atoms with Gasteiger partial charge in [-0.15, -0.1) is 5.10 Å². The molecule has 0 saturated carbocycles. The molecule has 1 atom stereocenters. The standard InChI is InChI=1S/C17H23N5/c1-12-6-7-14(3)15(9-12)19-16-10-18-21-17(20-16)22-8-4-5-13(2)11-22/h6-7,9-10,13H,4-5,8,11H2,1-3H3,(H,19,20,21). The lowest BCUT2D eigenvalue weighted by Gasteiger charge is -2.30. The van der Waals surface area contributed by atoms with Gasteiger partial charge in [-0.2, -0.15) is 10.1 Å². The van der Waals surface area contributed by atoms with Crippen molar-refractivity contribution in [3.63, 3.8) is 0 Å². The third-order valence-corrected chi connectivity index (χ3v) is 4.14. The molecular formula is C17H23N5. The average molecular weight is 297 g/mol. The highest BCUT2D eigenvalue weighted by molar-refractivity contribution is 5.61. The van der Waals surface area contributed by atoms with Gasteiger partial charge in [0, 0.05) is 18.8 Å². The highest BCUT2D eigenvalue weighted by Crippen LogP contribution is 2.23. The molecule has 1 fully saturated rings. The lowest BCUT2D eigenvalue weighted by atomic mass is 10.0. The first-order valence-corrected chi connectivity index (χ1v) is 7.91. The van der Waals surface area contributed by atoms with Crippen LogP contribution < -0.4 is 10.2 Å². The third-order valence-electron chi connectivity index (χ3n) is 4.14. The van der Waals surface area contributed by atoms with Crippen LogP contribution in [0.15, 0.2) is 24.4 Å². The second-order valence-electron chi connectivity index (χ2n) is 6.28. The second-order valence-corrected chi connectivity index (χ2v) is 6.28. The fourth-order valence-electron chi connectivity index (χ4n) is 2.87. The molecule has 1 saturated heterocycles.